The molecule has 1 heterocycles. The number of fused-ring (bicyclic) bond motifs is 1. The van der Waals surface area contributed by atoms with Crippen LogP contribution in [0.1, 0.15) is 51.8 Å². The van der Waals surface area contributed by atoms with Crippen LogP contribution in [0.15, 0.2) is 24.3 Å². The van der Waals surface area contributed by atoms with E-state index in [9.17, 15) is 0 Å². The number of hydrogen-bond acceptors (Lipinski definition) is 0. The van der Waals surface area contributed by atoms with Crippen LogP contribution in [0.5, 0.6) is 0 Å². The lowest BCUT2D eigenvalue weighted by atomic mass is 10.1. The smallest absolute Gasteiger partial charge is 0.0480 e. The Balaban J connectivity index is 0.000000686. The highest BCUT2D eigenvalue weighted by Gasteiger charge is 2.08. The van der Waals surface area contributed by atoms with Crippen molar-refractivity contribution in [3.63, 3.8) is 0 Å². The van der Waals surface area contributed by atoms with Gasteiger partial charge in [0.1, 0.15) is 0 Å². The van der Waals surface area contributed by atoms with Gasteiger partial charge in [0.05, 0.1) is 0 Å². The van der Waals surface area contributed by atoms with E-state index in [2.05, 4.69) is 56.7 Å². The number of rotatable bonds is 2. The molecule has 0 radical (unpaired) electrons. The highest BCUT2D eigenvalue weighted by Crippen LogP contribution is 2.25. The summed E-state index contributed by atoms with van der Waals surface area (Å²) in [7, 11) is 2.16. The molecule has 17 heavy (non-hydrogen) atoms. The molecule has 1 aromatic heterocycles. The topological polar surface area (TPSA) is 4.93 Å². The van der Waals surface area contributed by atoms with Gasteiger partial charge in [-0.25, -0.2) is 0 Å². The van der Waals surface area contributed by atoms with E-state index in [1.807, 2.05) is 13.8 Å². The van der Waals surface area contributed by atoms with Crippen LogP contribution in [0, 0.1) is 0 Å². The lowest BCUT2D eigenvalue weighted by Crippen LogP contribution is -1.97. The van der Waals surface area contributed by atoms with Crippen molar-refractivity contribution in [2.45, 2.75) is 47.0 Å². The highest BCUT2D eigenvalue weighted by atomic mass is 14.9. The molecule has 1 heteroatoms. The largest absolute Gasteiger partial charge is 0.347 e. The molecule has 0 fully saturated rings. The second-order valence-electron chi connectivity index (χ2n) is 4.53. The summed E-state index contributed by atoms with van der Waals surface area (Å²) in [6, 6.07) is 9.09. The Morgan fingerprint density at radius 1 is 1.12 bits per heavy atom. The van der Waals surface area contributed by atoms with Crippen molar-refractivity contribution in [3.8, 4) is 0 Å². The zero-order valence-electron chi connectivity index (χ0n) is 12.0. The maximum absolute atomic E-state index is 2.32. The lowest BCUT2D eigenvalue weighted by Gasteiger charge is -2.06. The Hall–Kier alpha value is -1.24. The summed E-state index contributed by atoms with van der Waals surface area (Å²) < 4.78 is 2.30. The summed E-state index contributed by atoms with van der Waals surface area (Å²) in [6.45, 7) is 10.7. The Labute approximate surface area is 105 Å². The van der Waals surface area contributed by atoms with Crippen LogP contribution in [0.3, 0.4) is 0 Å². The molecule has 1 aromatic carbocycles. The number of nitrogens with zero attached hydrogens (tertiary/aromatic N) is 1. The molecule has 2 aromatic rings. The summed E-state index contributed by atoms with van der Waals surface area (Å²) in [5, 5.41) is 1.38. The van der Waals surface area contributed by atoms with E-state index in [1.165, 1.54) is 22.2 Å². The van der Waals surface area contributed by atoms with Gasteiger partial charge in [-0.1, -0.05) is 40.7 Å². The lowest BCUT2D eigenvalue weighted by molar-refractivity contribution is 0.755. The van der Waals surface area contributed by atoms with Gasteiger partial charge in [0.2, 0.25) is 0 Å². The van der Waals surface area contributed by atoms with Gasteiger partial charge in [-0.05, 0) is 36.1 Å². The van der Waals surface area contributed by atoms with Crippen molar-refractivity contribution in [3.05, 3.63) is 35.5 Å². The van der Waals surface area contributed by atoms with Crippen LogP contribution >= 0.6 is 0 Å². The van der Waals surface area contributed by atoms with Crippen molar-refractivity contribution in [2.24, 2.45) is 7.05 Å². The Morgan fingerprint density at radius 3 is 2.29 bits per heavy atom. The zero-order valence-corrected chi connectivity index (χ0v) is 12.0. The Kier molecular flexibility index (Phi) is 4.80. The summed E-state index contributed by atoms with van der Waals surface area (Å²) in [5.41, 5.74) is 4.18. The standard InChI is InChI=1S/C14H19N.C2H6/c1-5-11-6-7-13-12(8-11)9-14(10(2)3)15(13)4;1-2/h6-10H,5H2,1-4H3;1-2H3. The molecule has 0 aliphatic carbocycles. The average Bonchev–Trinajstić information content (AvgIpc) is 2.69. The maximum atomic E-state index is 2.32. The summed E-state index contributed by atoms with van der Waals surface area (Å²) in [5.74, 6) is 0.590. The number of benzene rings is 1. The molecule has 0 unspecified atom stereocenters. The van der Waals surface area contributed by atoms with Crippen LogP contribution in [0.25, 0.3) is 10.9 Å². The van der Waals surface area contributed by atoms with E-state index in [0.29, 0.717) is 5.92 Å². The SMILES string of the molecule is CC.CCc1ccc2c(c1)cc(C(C)C)n2C. The van der Waals surface area contributed by atoms with Crippen molar-refractivity contribution in [1.29, 1.82) is 0 Å². The van der Waals surface area contributed by atoms with E-state index < -0.39 is 0 Å². The fraction of sp³-hybridized carbons (Fsp3) is 0.500. The first kappa shape index (κ1) is 13.8. The Bertz CT molecular complexity index is 477. The van der Waals surface area contributed by atoms with Gasteiger partial charge < -0.3 is 4.57 Å². The third-order valence-corrected chi connectivity index (χ3v) is 3.14. The van der Waals surface area contributed by atoms with Crippen molar-refractivity contribution in [2.75, 3.05) is 0 Å². The first-order valence-electron chi connectivity index (χ1n) is 6.71. The summed E-state index contributed by atoms with van der Waals surface area (Å²) in [4.78, 5) is 0. The van der Waals surface area contributed by atoms with Crippen LogP contribution in [0.2, 0.25) is 0 Å². The molecule has 0 bridgehead atoms. The second kappa shape index (κ2) is 5.90. The first-order valence-corrected chi connectivity index (χ1v) is 6.71. The van der Waals surface area contributed by atoms with E-state index in [4.69, 9.17) is 0 Å². The van der Waals surface area contributed by atoms with E-state index in [-0.39, 0.29) is 0 Å². The van der Waals surface area contributed by atoms with Gasteiger partial charge in [0.25, 0.3) is 0 Å². The minimum Gasteiger partial charge on any atom is -0.347 e. The predicted molar refractivity (Wildman–Crippen MR) is 77.7 cm³/mol. The van der Waals surface area contributed by atoms with Crippen molar-refractivity contribution < 1.29 is 0 Å². The van der Waals surface area contributed by atoms with E-state index >= 15 is 0 Å². The maximum Gasteiger partial charge on any atom is 0.0480 e. The van der Waals surface area contributed by atoms with Crippen LogP contribution in [-0.4, -0.2) is 4.57 Å². The molecule has 0 atom stereocenters. The molecular formula is C16H25N. The van der Waals surface area contributed by atoms with Gasteiger partial charge in [-0.3, -0.25) is 0 Å². The fourth-order valence-corrected chi connectivity index (χ4v) is 2.19. The van der Waals surface area contributed by atoms with Gasteiger partial charge in [-0.15, -0.1) is 0 Å². The van der Waals surface area contributed by atoms with Crippen LogP contribution in [-0.2, 0) is 13.5 Å². The average molecular weight is 231 g/mol. The monoisotopic (exact) mass is 231 g/mol. The summed E-state index contributed by atoms with van der Waals surface area (Å²) in [6.07, 6.45) is 1.11. The van der Waals surface area contributed by atoms with E-state index in [0.717, 1.165) is 6.42 Å². The molecule has 0 saturated carbocycles. The van der Waals surface area contributed by atoms with E-state index in [1.54, 1.807) is 0 Å². The summed E-state index contributed by atoms with van der Waals surface area (Å²) >= 11 is 0. The quantitative estimate of drug-likeness (QED) is 0.693. The van der Waals surface area contributed by atoms with Gasteiger partial charge >= 0.3 is 0 Å². The first-order chi connectivity index (χ1) is 8.13. The number of hydrogen-bond donors (Lipinski definition) is 0. The normalized spacial score (nSPS) is 10.5. The molecule has 0 spiro atoms. The van der Waals surface area contributed by atoms with Gasteiger partial charge in [0.15, 0.2) is 0 Å². The molecule has 2 rings (SSSR count). The Morgan fingerprint density at radius 2 is 1.76 bits per heavy atom. The molecule has 0 aliphatic rings. The fourth-order valence-electron chi connectivity index (χ4n) is 2.19. The number of aromatic nitrogens is 1. The van der Waals surface area contributed by atoms with Crippen LogP contribution in [0.4, 0.5) is 0 Å². The second-order valence-corrected chi connectivity index (χ2v) is 4.53. The van der Waals surface area contributed by atoms with Crippen molar-refractivity contribution in [1.82, 2.24) is 4.57 Å². The minimum atomic E-state index is 0.590. The number of aryl methyl sites for hydroxylation is 2. The molecular weight excluding hydrogens is 206 g/mol. The van der Waals surface area contributed by atoms with Crippen LogP contribution < -0.4 is 0 Å². The third-order valence-electron chi connectivity index (χ3n) is 3.14. The predicted octanol–water partition coefficient (Wildman–Crippen LogP) is 4.89. The minimum absolute atomic E-state index is 0.590. The molecule has 0 amide bonds. The molecule has 0 saturated heterocycles. The molecule has 94 valence electrons. The van der Waals surface area contributed by atoms with Gasteiger partial charge in [-0.2, -0.15) is 0 Å². The van der Waals surface area contributed by atoms with Crippen molar-refractivity contribution >= 4 is 10.9 Å². The molecule has 1 nitrogen and oxygen atoms in total. The molecule has 0 N–H and O–H groups in total. The molecule has 0 aliphatic heterocycles. The van der Waals surface area contributed by atoms with Gasteiger partial charge in [0, 0.05) is 23.6 Å². The highest BCUT2D eigenvalue weighted by molar-refractivity contribution is 5.82. The zero-order chi connectivity index (χ0) is 13.0. The third kappa shape index (κ3) is 2.71.